The van der Waals surface area contributed by atoms with E-state index in [0.717, 1.165) is 6.54 Å². The Hall–Kier alpha value is -0.840. The largest absolute Gasteiger partial charge is 0.491 e. The van der Waals surface area contributed by atoms with Crippen molar-refractivity contribution in [3.8, 4) is 5.75 Å². The fourth-order valence-corrected chi connectivity index (χ4v) is 1.25. The molecule has 0 spiro atoms. The molecule has 0 aromatic heterocycles. The van der Waals surface area contributed by atoms with E-state index in [1.165, 1.54) is 12.1 Å². The van der Waals surface area contributed by atoms with Crippen molar-refractivity contribution in [3.05, 3.63) is 29.0 Å². The van der Waals surface area contributed by atoms with Crippen LogP contribution in [0.15, 0.2) is 18.2 Å². The van der Waals surface area contributed by atoms with E-state index in [4.69, 9.17) is 16.3 Å². The van der Waals surface area contributed by atoms with Gasteiger partial charge in [0.1, 0.15) is 24.3 Å². The molecule has 0 fully saturated rings. The number of aliphatic hydroxyl groups is 1. The van der Waals surface area contributed by atoms with E-state index in [-0.39, 0.29) is 11.6 Å². The van der Waals surface area contributed by atoms with E-state index in [0.29, 0.717) is 12.3 Å². The van der Waals surface area contributed by atoms with Gasteiger partial charge in [-0.2, -0.15) is 0 Å². The molecule has 1 aromatic carbocycles. The van der Waals surface area contributed by atoms with E-state index in [1.807, 2.05) is 6.92 Å². The van der Waals surface area contributed by atoms with Crippen molar-refractivity contribution < 1.29 is 14.2 Å². The monoisotopic (exact) mass is 247 g/mol. The number of hydrogen-bond acceptors (Lipinski definition) is 3. The lowest BCUT2D eigenvalue weighted by atomic mass is 10.3. The van der Waals surface area contributed by atoms with Crippen LogP contribution in [0.5, 0.6) is 5.75 Å². The van der Waals surface area contributed by atoms with Gasteiger partial charge in [0.15, 0.2) is 0 Å². The van der Waals surface area contributed by atoms with Crippen LogP contribution in [0.2, 0.25) is 5.02 Å². The van der Waals surface area contributed by atoms with Crippen LogP contribution in [0, 0.1) is 5.82 Å². The quantitative estimate of drug-likeness (QED) is 0.806. The lowest BCUT2D eigenvalue weighted by molar-refractivity contribution is 0.107. The summed E-state index contributed by atoms with van der Waals surface area (Å²) in [4.78, 5) is 0. The molecule has 1 atom stereocenters. The number of likely N-dealkylation sites (N-methyl/N-ethyl adjacent to an activating group) is 1. The summed E-state index contributed by atoms with van der Waals surface area (Å²) in [6.45, 7) is 3.30. The maximum Gasteiger partial charge on any atom is 0.145 e. The van der Waals surface area contributed by atoms with Crippen molar-refractivity contribution in [3.63, 3.8) is 0 Å². The van der Waals surface area contributed by atoms with Gasteiger partial charge in [-0.25, -0.2) is 4.39 Å². The lowest BCUT2D eigenvalue weighted by Crippen LogP contribution is -2.31. The van der Waals surface area contributed by atoms with Crippen LogP contribution in [0.3, 0.4) is 0 Å². The normalized spacial score (nSPS) is 12.5. The molecule has 0 saturated carbocycles. The molecule has 0 amide bonds. The van der Waals surface area contributed by atoms with E-state index >= 15 is 0 Å². The van der Waals surface area contributed by atoms with Crippen LogP contribution in [0.1, 0.15) is 6.92 Å². The number of rotatable bonds is 6. The Balaban J connectivity index is 2.39. The summed E-state index contributed by atoms with van der Waals surface area (Å²) in [6, 6.07) is 4.18. The Kier molecular flexibility index (Phi) is 5.52. The van der Waals surface area contributed by atoms with Gasteiger partial charge in [-0.3, -0.25) is 0 Å². The molecule has 0 radical (unpaired) electrons. The highest BCUT2D eigenvalue weighted by Gasteiger charge is 2.06. The Morgan fingerprint density at radius 2 is 2.31 bits per heavy atom. The van der Waals surface area contributed by atoms with Crippen LogP contribution >= 0.6 is 11.6 Å². The fourth-order valence-electron chi connectivity index (χ4n) is 1.13. The zero-order chi connectivity index (χ0) is 12.0. The highest BCUT2D eigenvalue weighted by atomic mass is 35.5. The number of hydrogen-bond donors (Lipinski definition) is 2. The average molecular weight is 248 g/mol. The third kappa shape index (κ3) is 4.35. The van der Waals surface area contributed by atoms with Crippen LogP contribution in [0.4, 0.5) is 4.39 Å². The van der Waals surface area contributed by atoms with Gasteiger partial charge < -0.3 is 15.2 Å². The number of ether oxygens (including phenoxy) is 1. The number of halogens is 2. The van der Waals surface area contributed by atoms with Crippen molar-refractivity contribution in [1.82, 2.24) is 5.32 Å². The summed E-state index contributed by atoms with van der Waals surface area (Å²) in [6.07, 6.45) is -0.612. The molecule has 0 bridgehead atoms. The average Bonchev–Trinajstić information content (AvgIpc) is 2.28. The number of aliphatic hydroxyl groups excluding tert-OH is 1. The molecule has 1 unspecified atom stereocenters. The molecule has 1 aromatic rings. The lowest BCUT2D eigenvalue weighted by Gasteiger charge is -2.12. The predicted molar refractivity (Wildman–Crippen MR) is 61.5 cm³/mol. The molecule has 0 aliphatic heterocycles. The summed E-state index contributed by atoms with van der Waals surface area (Å²) in [5, 5.41) is 12.5. The molecule has 0 saturated heterocycles. The van der Waals surface area contributed by atoms with E-state index in [9.17, 15) is 9.50 Å². The first kappa shape index (κ1) is 13.2. The van der Waals surface area contributed by atoms with Gasteiger partial charge in [-0.15, -0.1) is 0 Å². The van der Waals surface area contributed by atoms with E-state index < -0.39 is 11.9 Å². The smallest absolute Gasteiger partial charge is 0.145 e. The first-order valence-electron chi connectivity index (χ1n) is 5.10. The molecule has 0 aliphatic carbocycles. The SMILES string of the molecule is CCNCC(O)COc1ccc(Cl)c(F)c1. The van der Waals surface area contributed by atoms with Crippen molar-refractivity contribution in [2.45, 2.75) is 13.0 Å². The summed E-state index contributed by atoms with van der Waals surface area (Å²) >= 11 is 5.52. The van der Waals surface area contributed by atoms with Crippen LogP contribution in [-0.2, 0) is 0 Å². The first-order valence-corrected chi connectivity index (χ1v) is 5.48. The molecule has 2 N–H and O–H groups in total. The number of nitrogens with one attached hydrogen (secondary N) is 1. The molecular formula is C11H15ClFNO2. The minimum atomic E-state index is -0.612. The summed E-state index contributed by atoms with van der Waals surface area (Å²) in [7, 11) is 0. The van der Waals surface area contributed by atoms with Gasteiger partial charge in [0.05, 0.1) is 5.02 Å². The van der Waals surface area contributed by atoms with Gasteiger partial charge >= 0.3 is 0 Å². The predicted octanol–water partition coefficient (Wildman–Crippen LogP) is 1.83. The van der Waals surface area contributed by atoms with Gasteiger partial charge in [-0.1, -0.05) is 18.5 Å². The van der Waals surface area contributed by atoms with Crippen LogP contribution in [0.25, 0.3) is 0 Å². The molecular weight excluding hydrogens is 233 g/mol. The van der Waals surface area contributed by atoms with E-state index in [2.05, 4.69) is 5.32 Å². The second kappa shape index (κ2) is 6.68. The van der Waals surface area contributed by atoms with Gasteiger partial charge in [0.25, 0.3) is 0 Å². The molecule has 90 valence electrons. The maximum absolute atomic E-state index is 13.0. The first-order chi connectivity index (χ1) is 7.63. The van der Waals surface area contributed by atoms with Crippen molar-refractivity contribution >= 4 is 11.6 Å². The molecule has 16 heavy (non-hydrogen) atoms. The second-order valence-corrected chi connectivity index (χ2v) is 3.76. The Bertz CT molecular complexity index is 336. The molecule has 0 aliphatic rings. The van der Waals surface area contributed by atoms with Crippen LogP contribution in [-0.4, -0.2) is 30.9 Å². The summed E-state index contributed by atoms with van der Waals surface area (Å²) in [5.41, 5.74) is 0. The van der Waals surface area contributed by atoms with Gasteiger partial charge in [-0.05, 0) is 18.7 Å². The summed E-state index contributed by atoms with van der Waals surface area (Å²) in [5.74, 6) is -0.169. The minimum Gasteiger partial charge on any atom is -0.491 e. The standard InChI is InChI=1S/C11H15ClFNO2/c1-2-14-6-8(15)7-16-9-3-4-10(12)11(13)5-9/h3-5,8,14-15H,2,6-7H2,1H3. The maximum atomic E-state index is 13.0. The van der Waals surface area contributed by atoms with Gasteiger partial charge in [0, 0.05) is 12.6 Å². The Morgan fingerprint density at radius 1 is 1.56 bits per heavy atom. The van der Waals surface area contributed by atoms with Crippen molar-refractivity contribution in [2.75, 3.05) is 19.7 Å². The zero-order valence-corrected chi connectivity index (χ0v) is 9.80. The molecule has 3 nitrogen and oxygen atoms in total. The molecule has 0 heterocycles. The van der Waals surface area contributed by atoms with Crippen molar-refractivity contribution in [1.29, 1.82) is 0 Å². The zero-order valence-electron chi connectivity index (χ0n) is 9.04. The van der Waals surface area contributed by atoms with Crippen LogP contribution < -0.4 is 10.1 Å². The highest BCUT2D eigenvalue weighted by molar-refractivity contribution is 6.30. The number of benzene rings is 1. The van der Waals surface area contributed by atoms with Crippen molar-refractivity contribution in [2.24, 2.45) is 0 Å². The fraction of sp³-hybridized carbons (Fsp3) is 0.455. The Labute approximate surface area is 99.2 Å². The van der Waals surface area contributed by atoms with E-state index in [1.54, 1.807) is 6.07 Å². The molecule has 5 heteroatoms. The van der Waals surface area contributed by atoms with Gasteiger partial charge in [0.2, 0.25) is 0 Å². The molecule has 1 rings (SSSR count). The summed E-state index contributed by atoms with van der Waals surface area (Å²) < 4.78 is 18.2. The second-order valence-electron chi connectivity index (χ2n) is 3.35. The topological polar surface area (TPSA) is 41.5 Å². The Morgan fingerprint density at radius 3 is 2.94 bits per heavy atom. The third-order valence-corrected chi connectivity index (χ3v) is 2.27. The highest BCUT2D eigenvalue weighted by Crippen LogP contribution is 2.20. The minimum absolute atomic E-state index is 0.0561. The third-order valence-electron chi connectivity index (χ3n) is 1.96.